The van der Waals surface area contributed by atoms with Crippen molar-refractivity contribution in [2.75, 3.05) is 26.2 Å². The summed E-state index contributed by atoms with van der Waals surface area (Å²) in [6.07, 6.45) is 0.466. The third-order valence-corrected chi connectivity index (χ3v) is 6.92. The Balaban J connectivity index is 1.96. The second kappa shape index (κ2) is 10.2. The molecule has 1 aromatic heterocycles. The molecule has 2 aromatic rings. The molecule has 1 saturated heterocycles. The van der Waals surface area contributed by atoms with Gasteiger partial charge in [-0.2, -0.15) is 4.31 Å². The van der Waals surface area contributed by atoms with Crippen LogP contribution in [-0.4, -0.2) is 66.8 Å². The number of amides is 2. The first-order valence-corrected chi connectivity index (χ1v) is 11.8. The normalized spacial score (nSPS) is 17.4. The molecule has 11 heteroatoms. The highest BCUT2D eigenvalue weighted by atomic mass is 35.5. The van der Waals surface area contributed by atoms with Crippen LogP contribution in [0.25, 0.3) is 0 Å². The standard InChI is InChI=1S/C20H24ClN5O4S/c21-17-16(8-4-10-23-17)20(28)25-12-5-13-26(19(25)18(27)24-11-9-22)31(29,30)14-15-6-2-1-3-7-15/h1-4,6-8,10,19H,5,9,11-14,22H2,(H,24,27). The Morgan fingerprint density at radius 3 is 2.58 bits per heavy atom. The van der Waals surface area contributed by atoms with Gasteiger partial charge in [0.1, 0.15) is 5.15 Å². The second-order valence-electron chi connectivity index (χ2n) is 7.00. The van der Waals surface area contributed by atoms with Crippen molar-refractivity contribution in [3.05, 3.63) is 64.9 Å². The zero-order chi connectivity index (χ0) is 22.4. The second-order valence-corrected chi connectivity index (χ2v) is 9.28. The molecule has 3 rings (SSSR count). The molecule has 0 radical (unpaired) electrons. The summed E-state index contributed by atoms with van der Waals surface area (Å²) in [6.45, 7) is 0.637. The van der Waals surface area contributed by atoms with Gasteiger partial charge in [-0.1, -0.05) is 41.9 Å². The molecule has 2 heterocycles. The van der Waals surface area contributed by atoms with E-state index in [-0.39, 0.29) is 42.6 Å². The minimum absolute atomic E-state index is 0.0158. The Morgan fingerprint density at radius 1 is 1.16 bits per heavy atom. The number of nitrogens with two attached hydrogens (primary N) is 1. The monoisotopic (exact) mass is 465 g/mol. The van der Waals surface area contributed by atoms with E-state index in [0.717, 1.165) is 4.31 Å². The van der Waals surface area contributed by atoms with Crippen molar-refractivity contribution in [3.8, 4) is 0 Å². The largest absolute Gasteiger partial charge is 0.352 e. The number of aromatic nitrogens is 1. The van der Waals surface area contributed by atoms with Crippen LogP contribution in [0, 0.1) is 0 Å². The summed E-state index contributed by atoms with van der Waals surface area (Å²) >= 11 is 6.08. The molecule has 1 aliphatic heterocycles. The molecule has 3 N–H and O–H groups in total. The summed E-state index contributed by atoms with van der Waals surface area (Å²) in [4.78, 5) is 31.3. The molecule has 166 valence electrons. The number of hydrogen-bond acceptors (Lipinski definition) is 6. The highest BCUT2D eigenvalue weighted by Crippen LogP contribution is 2.25. The number of hydrogen-bond donors (Lipinski definition) is 2. The molecule has 0 bridgehead atoms. The van der Waals surface area contributed by atoms with E-state index in [0.29, 0.717) is 12.0 Å². The lowest BCUT2D eigenvalue weighted by atomic mass is 10.2. The summed E-state index contributed by atoms with van der Waals surface area (Å²) in [6, 6.07) is 11.7. The molecular weight excluding hydrogens is 442 g/mol. The number of nitrogens with one attached hydrogen (secondary N) is 1. The molecule has 2 amide bonds. The quantitative estimate of drug-likeness (QED) is 0.583. The number of pyridine rings is 1. The fraction of sp³-hybridized carbons (Fsp3) is 0.350. The van der Waals surface area contributed by atoms with Crippen LogP contribution < -0.4 is 11.1 Å². The highest BCUT2D eigenvalue weighted by molar-refractivity contribution is 7.88. The van der Waals surface area contributed by atoms with E-state index in [1.54, 1.807) is 36.4 Å². The maximum Gasteiger partial charge on any atom is 0.259 e. The predicted octanol–water partition coefficient (Wildman–Crippen LogP) is 0.814. The van der Waals surface area contributed by atoms with Gasteiger partial charge < -0.3 is 16.0 Å². The van der Waals surface area contributed by atoms with Crippen LogP contribution in [0.5, 0.6) is 0 Å². The SMILES string of the molecule is NCCNC(=O)C1N(C(=O)c2cccnc2Cl)CCCN1S(=O)(=O)Cc1ccccc1. The van der Waals surface area contributed by atoms with Crippen molar-refractivity contribution in [1.82, 2.24) is 19.5 Å². The van der Waals surface area contributed by atoms with Crippen molar-refractivity contribution in [1.29, 1.82) is 0 Å². The van der Waals surface area contributed by atoms with Crippen LogP contribution in [0.2, 0.25) is 5.15 Å². The average molecular weight is 466 g/mol. The number of carbonyl (C=O) groups excluding carboxylic acids is 2. The number of sulfonamides is 1. The van der Waals surface area contributed by atoms with Gasteiger partial charge in [-0.3, -0.25) is 9.59 Å². The van der Waals surface area contributed by atoms with Gasteiger partial charge in [-0.05, 0) is 24.1 Å². The van der Waals surface area contributed by atoms with E-state index in [9.17, 15) is 18.0 Å². The van der Waals surface area contributed by atoms with E-state index in [1.165, 1.54) is 17.2 Å². The van der Waals surface area contributed by atoms with Gasteiger partial charge in [0.05, 0.1) is 11.3 Å². The maximum absolute atomic E-state index is 13.3. The number of nitrogens with zero attached hydrogens (tertiary/aromatic N) is 3. The van der Waals surface area contributed by atoms with Crippen molar-refractivity contribution >= 4 is 33.4 Å². The first-order valence-electron chi connectivity index (χ1n) is 9.78. The van der Waals surface area contributed by atoms with E-state index < -0.39 is 28.0 Å². The minimum atomic E-state index is -3.92. The van der Waals surface area contributed by atoms with Crippen LogP contribution in [0.15, 0.2) is 48.7 Å². The summed E-state index contributed by atoms with van der Waals surface area (Å²) in [5.41, 5.74) is 6.17. The Morgan fingerprint density at radius 2 is 1.90 bits per heavy atom. The van der Waals surface area contributed by atoms with Crippen molar-refractivity contribution in [3.63, 3.8) is 0 Å². The maximum atomic E-state index is 13.3. The molecule has 0 saturated carbocycles. The van der Waals surface area contributed by atoms with Gasteiger partial charge in [0.15, 0.2) is 6.17 Å². The number of carbonyl (C=O) groups is 2. The van der Waals surface area contributed by atoms with Gasteiger partial charge in [-0.25, -0.2) is 13.4 Å². The van der Waals surface area contributed by atoms with Crippen LogP contribution in [-0.2, 0) is 20.6 Å². The third-order valence-electron chi connectivity index (χ3n) is 4.82. The average Bonchev–Trinajstić information content (AvgIpc) is 2.77. The highest BCUT2D eigenvalue weighted by Gasteiger charge is 2.43. The zero-order valence-corrected chi connectivity index (χ0v) is 18.3. The molecule has 1 aromatic carbocycles. The Kier molecular flexibility index (Phi) is 7.60. The molecule has 0 aliphatic carbocycles. The fourth-order valence-corrected chi connectivity index (χ4v) is 5.33. The van der Waals surface area contributed by atoms with Gasteiger partial charge in [0.2, 0.25) is 10.0 Å². The summed E-state index contributed by atoms with van der Waals surface area (Å²) in [5.74, 6) is -1.47. The van der Waals surface area contributed by atoms with E-state index >= 15 is 0 Å². The molecule has 1 fully saturated rings. The smallest absolute Gasteiger partial charge is 0.259 e. The zero-order valence-electron chi connectivity index (χ0n) is 16.8. The molecule has 1 unspecified atom stereocenters. The summed E-state index contributed by atoms with van der Waals surface area (Å²) in [7, 11) is -3.92. The van der Waals surface area contributed by atoms with Crippen molar-refractivity contribution in [2.45, 2.75) is 18.3 Å². The first kappa shape index (κ1) is 23.1. The number of benzene rings is 1. The Bertz CT molecular complexity index is 1030. The van der Waals surface area contributed by atoms with Gasteiger partial charge in [-0.15, -0.1) is 0 Å². The molecular formula is C20H24ClN5O4S. The van der Waals surface area contributed by atoms with Crippen LogP contribution in [0.3, 0.4) is 0 Å². The Labute approximate surface area is 186 Å². The Hall–Kier alpha value is -2.53. The third kappa shape index (κ3) is 5.40. The van der Waals surface area contributed by atoms with Gasteiger partial charge >= 0.3 is 0 Å². The van der Waals surface area contributed by atoms with Crippen LogP contribution >= 0.6 is 11.6 Å². The molecule has 0 spiro atoms. The molecule has 9 nitrogen and oxygen atoms in total. The van der Waals surface area contributed by atoms with Gasteiger partial charge in [0.25, 0.3) is 11.8 Å². The molecule has 31 heavy (non-hydrogen) atoms. The fourth-order valence-electron chi connectivity index (χ4n) is 3.43. The van der Waals surface area contributed by atoms with Crippen molar-refractivity contribution < 1.29 is 18.0 Å². The van der Waals surface area contributed by atoms with E-state index in [2.05, 4.69) is 10.3 Å². The van der Waals surface area contributed by atoms with Crippen molar-refractivity contribution in [2.24, 2.45) is 5.73 Å². The predicted molar refractivity (Wildman–Crippen MR) is 117 cm³/mol. The number of halogens is 1. The summed E-state index contributed by atoms with van der Waals surface area (Å²) in [5, 5.41) is 2.59. The van der Waals surface area contributed by atoms with Gasteiger partial charge in [0, 0.05) is 32.4 Å². The van der Waals surface area contributed by atoms with E-state index in [4.69, 9.17) is 17.3 Å². The lowest BCUT2D eigenvalue weighted by Gasteiger charge is -2.41. The first-order chi connectivity index (χ1) is 14.8. The number of rotatable bonds is 7. The minimum Gasteiger partial charge on any atom is -0.352 e. The van der Waals surface area contributed by atoms with E-state index in [1.807, 2.05) is 0 Å². The summed E-state index contributed by atoms with van der Waals surface area (Å²) < 4.78 is 27.6. The lowest BCUT2D eigenvalue weighted by Crippen LogP contribution is -2.63. The van der Waals surface area contributed by atoms with Crippen LogP contribution in [0.1, 0.15) is 22.3 Å². The lowest BCUT2D eigenvalue weighted by molar-refractivity contribution is -0.130. The molecule has 1 atom stereocenters. The topological polar surface area (TPSA) is 126 Å². The molecule has 1 aliphatic rings. The van der Waals surface area contributed by atoms with Crippen LogP contribution in [0.4, 0.5) is 0 Å².